The van der Waals surface area contributed by atoms with E-state index < -0.39 is 0 Å². The zero-order chi connectivity index (χ0) is 7.40. The summed E-state index contributed by atoms with van der Waals surface area (Å²) in [7, 11) is 0. The quantitative estimate of drug-likeness (QED) is 0.463. The van der Waals surface area contributed by atoms with Gasteiger partial charge in [0, 0.05) is 6.20 Å². The molecule has 0 spiro atoms. The minimum atomic E-state index is 0.549. The van der Waals surface area contributed by atoms with Crippen LogP contribution in [0.5, 0.6) is 0 Å². The molecule has 0 saturated heterocycles. The van der Waals surface area contributed by atoms with Gasteiger partial charge in [-0.3, -0.25) is 4.98 Å². The molecule has 0 bridgehead atoms. The highest BCUT2D eigenvalue weighted by Gasteiger charge is 1.84. The zero-order valence-corrected chi connectivity index (χ0v) is 5.78. The third-order valence-corrected chi connectivity index (χ3v) is 0.951. The van der Waals surface area contributed by atoms with Crippen LogP contribution in [-0.4, -0.2) is 10.8 Å². The Bertz CT molecular complexity index is 224. The van der Waals surface area contributed by atoms with Crippen molar-refractivity contribution >= 4 is 11.5 Å². The molecule has 52 valence electrons. The van der Waals surface area contributed by atoms with Crippen molar-refractivity contribution in [3.05, 3.63) is 24.5 Å². The summed E-state index contributed by atoms with van der Waals surface area (Å²) in [5.41, 5.74) is 6.14. The molecule has 0 aromatic carbocycles. The molecule has 3 nitrogen and oxygen atoms in total. The van der Waals surface area contributed by atoms with Crippen LogP contribution in [0.4, 0.5) is 5.69 Å². The normalized spacial score (nSPS) is 11.5. The summed E-state index contributed by atoms with van der Waals surface area (Å²) >= 11 is 0. The number of aliphatic imine (C=N–C) groups is 1. The Morgan fingerprint density at radius 1 is 1.70 bits per heavy atom. The Kier molecular flexibility index (Phi) is 1.99. The van der Waals surface area contributed by atoms with Crippen molar-refractivity contribution in [2.75, 3.05) is 0 Å². The van der Waals surface area contributed by atoms with Gasteiger partial charge >= 0.3 is 0 Å². The second-order valence-corrected chi connectivity index (χ2v) is 1.96. The number of hydrogen-bond donors (Lipinski definition) is 1. The summed E-state index contributed by atoms with van der Waals surface area (Å²) in [5.74, 6) is 0.549. The maximum absolute atomic E-state index is 5.35. The molecule has 0 aliphatic heterocycles. The Labute approximate surface area is 59.6 Å². The monoisotopic (exact) mass is 135 g/mol. The molecule has 0 amide bonds. The van der Waals surface area contributed by atoms with Gasteiger partial charge in [-0.05, 0) is 19.1 Å². The van der Waals surface area contributed by atoms with Crippen LogP contribution >= 0.6 is 0 Å². The first-order valence-electron chi connectivity index (χ1n) is 3.00. The van der Waals surface area contributed by atoms with E-state index in [-0.39, 0.29) is 0 Å². The summed E-state index contributed by atoms with van der Waals surface area (Å²) in [6.45, 7) is 1.74. The SMILES string of the molecule is CC(N)=Nc1cccnc1. The van der Waals surface area contributed by atoms with Crippen LogP contribution in [0.15, 0.2) is 29.5 Å². The molecule has 10 heavy (non-hydrogen) atoms. The molecule has 1 aromatic rings. The highest BCUT2D eigenvalue weighted by molar-refractivity contribution is 5.80. The highest BCUT2D eigenvalue weighted by atomic mass is 14.9. The van der Waals surface area contributed by atoms with E-state index in [9.17, 15) is 0 Å². The fourth-order valence-electron chi connectivity index (χ4n) is 0.624. The van der Waals surface area contributed by atoms with Gasteiger partial charge in [-0.2, -0.15) is 0 Å². The van der Waals surface area contributed by atoms with E-state index in [1.165, 1.54) is 0 Å². The molecule has 0 unspecified atom stereocenters. The number of nitrogens with two attached hydrogens (primary N) is 1. The van der Waals surface area contributed by atoms with Crippen LogP contribution in [0.3, 0.4) is 0 Å². The summed E-state index contributed by atoms with van der Waals surface area (Å²) in [4.78, 5) is 7.87. The van der Waals surface area contributed by atoms with E-state index in [2.05, 4.69) is 9.98 Å². The molecule has 0 saturated carbocycles. The number of hydrogen-bond acceptors (Lipinski definition) is 2. The predicted octanol–water partition coefficient (Wildman–Crippen LogP) is 1.09. The average Bonchev–Trinajstić information content (AvgIpc) is 1.88. The second-order valence-electron chi connectivity index (χ2n) is 1.96. The molecule has 0 aliphatic carbocycles. The van der Waals surface area contributed by atoms with E-state index >= 15 is 0 Å². The highest BCUT2D eigenvalue weighted by Crippen LogP contribution is 2.06. The third kappa shape index (κ3) is 1.85. The van der Waals surface area contributed by atoms with Crippen molar-refractivity contribution in [2.45, 2.75) is 6.92 Å². The lowest BCUT2D eigenvalue weighted by atomic mass is 10.4. The van der Waals surface area contributed by atoms with Crippen LogP contribution in [-0.2, 0) is 0 Å². The fourth-order valence-corrected chi connectivity index (χ4v) is 0.624. The molecule has 0 radical (unpaired) electrons. The van der Waals surface area contributed by atoms with Gasteiger partial charge in [-0.1, -0.05) is 0 Å². The lowest BCUT2D eigenvalue weighted by Gasteiger charge is -1.90. The number of nitrogens with zero attached hydrogens (tertiary/aromatic N) is 2. The second kappa shape index (κ2) is 2.96. The number of amidine groups is 1. The smallest absolute Gasteiger partial charge is 0.0965 e. The molecule has 3 heteroatoms. The maximum Gasteiger partial charge on any atom is 0.0965 e. The van der Waals surface area contributed by atoms with Crippen molar-refractivity contribution in [1.29, 1.82) is 0 Å². The molecule has 1 aromatic heterocycles. The largest absolute Gasteiger partial charge is 0.387 e. The summed E-state index contributed by atoms with van der Waals surface area (Å²) < 4.78 is 0. The van der Waals surface area contributed by atoms with Crippen molar-refractivity contribution in [3.63, 3.8) is 0 Å². The van der Waals surface area contributed by atoms with E-state index in [0.717, 1.165) is 5.69 Å². The van der Waals surface area contributed by atoms with Crippen molar-refractivity contribution < 1.29 is 0 Å². The van der Waals surface area contributed by atoms with Gasteiger partial charge in [-0.15, -0.1) is 0 Å². The van der Waals surface area contributed by atoms with Crippen LogP contribution in [0.2, 0.25) is 0 Å². The predicted molar refractivity (Wildman–Crippen MR) is 41.2 cm³/mol. The first-order valence-corrected chi connectivity index (χ1v) is 3.00. The van der Waals surface area contributed by atoms with Crippen molar-refractivity contribution in [1.82, 2.24) is 4.98 Å². The van der Waals surface area contributed by atoms with Gasteiger partial charge in [0.05, 0.1) is 17.7 Å². The number of pyridine rings is 1. The Morgan fingerprint density at radius 3 is 3.00 bits per heavy atom. The average molecular weight is 135 g/mol. The zero-order valence-electron chi connectivity index (χ0n) is 5.78. The van der Waals surface area contributed by atoms with Crippen molar-refractivity contribution in [3.8, 4) is 0 Å². The maximum atomic E-state index is 5.35. The standard InChI is InChI=1S/C7H9N3/c1-6(8)10-7-3-2-4-9-5-7/h2-5H,1H3,(H2,8,10). The molecular formula is C7H9N3. The number of rotatable bonds is 1. The lowest BCUT2D eigenvalue weighted by Crippen LogP contribution is -2.03. The van der Waals surface area contributed by atoms with Crippen LogP contribution < -0.4 is 5.73 Å². The van der Waals surface area contributed by atoms with E-state index in [1.807, 2.05) is 12.1 Å². The van der Waals surface area contributed by atoms with E-state index in [1.54, 1.807) is 19.3 Å². The van der Waals surface area contributed by atoms with Gasteiger partial charge in [0.25, 0.3) is 0 Å². The molecular weight excluding hydrogens is 126 g/mol. The van der Waals surface area contributed by atoms with Gasteiger partial charge < -0.3 is 5.73 Å². The summed E-state index contributed by atoms with van der Waals surface area (Å²) in [5, 5.41) is 0. The van der Waals surface area contributed by atoms with Gasteiger partial charge in [0.1, 0.15) is 0 Å². The van der Waals surface area contributed by atoms with E-state index in [0.29, 0.717) is 5.84 Å². The van der Waals surface area contributed by atoms with Gasteiger partial charge in [-0.25, -0.2) is 4.99 Å². The first-order chi connectivity index (χ1) is 4.79. The lowest BCUT2D eigenvalue weighted by molar-refractivity contribution is 1.30. The molecule has 1 heterocycles. The fraction of sp³-hybridized carbons (Fsp3) is 0.143. The molecule has 0 fully saturated rings. The summed E-state index contributed by atoms with van der Waals surface area (Å²) in [6, 6.07) is 3.67. The van der Waals surface area contributed by atoms with Crippen LogP contribution in [0.1, 0.15) is 6.92 Å². The third-order valence-electron chi connectivity index (χ3n) is 0.951. The molecule has 0 aliphatic rings. The van der Waals surface area contributed by atoms with Gasteiger partial charge in [0.2, 0.25) is 0 Å². The molecule has 1 rings (SSSR count). The molecule has 0 atom stereocenters. The Morgan fingerprint density at radius 2 is 2.50 bits per heavy atom. The van der Waals surface area contributed by atoms with E-state index in [4.69, 9.17) is 5.73 Å². The number of aromatic nitrogens is 1. The minimum absolute atomic E-state index is 0.549. The Balaban J connectivity index is 2.87. The Hall–Kier alpha value is -1.38. The topological polar surface area (TPSA) is 51.3 Å². The van der Waals surface area contributed by atoms with Crippen molar-refractivity contribution in [2.24, 2.45) is 10.7 Å². The molecule has 2 N–H and O–H groups in total. The minimum Gasteiger partial charge on any atom is -0.387 e. The van der Waals surface area contributed by atoms with Gasteiger partial charge in [0.15, 0.2) is 0 Å². The summed E-state index contributed by atoms with van der Waals surface area (Å²) in [6.07, 6.45) is 3.36. The first kappa shape index (κ1) is 6.74. The van der Waals surface area contributed by atoms with Crippen LogP contribution in [0.25, 0.3) is 0 Å². The van der Waals surface area contributed by atoms with Crippen LogP contribution in [0, 0.1) is 0 Å².